The van der Waals surface area contributed by atoms with Gasteiger partial charge in [-0.05, 0) is 43.2 Å². The Hall–Kier alpha value is -2.01. The van der Waals surface area contributed by atoms with E-state index >= 15 is 0 Å². The summed E-state index contributed by atoms with van der Waals surface area (Å²) in [6, 6.07) is 9.95. The van der Waals surface area contributed by atoms with Crippen LogP contribution in [0.15, 0.2) is 36.5 Å². The summed E-state index contributed by atoms with van der Waals surface area (Å²) in [5.74, 6) is 1.73. The molecule has 4 rings (SSSR count). The third-order valence-electron chi connectivity index (χ3n) is 6.18. The van der Waals surface area contributed by atoms with E-state index in [1.54, 1.807) is 12.3 Å². The molecular weight excluding hydrogens is 370 g/mol. The maximum atomic E-state index is 13.5. The van der Waals surface area contributed by atoms with Gasteiger partial charge in [-0.3, -0.25) is 4.79 Å². The highest BCUT2D eigenvalue weighted by molar-refractivity contribution is 7.98. The molecule has 1 aliphatic heterocycles. The SMILES string of the molecule is O=C(O)c1[nH]ccc1C(C(=O)c1ccc(C2CCCCC2)cc1)[S+]1CCCC1. The number of benzene rings is 1. The van der Waals surface area contributed by atoms with Crippen LogP contribution in [-0.4, -0.2) is 33.3 Å². The van der Waals surface area contributed by atoms with E-state index < -0.39 is 5.97 Å². The molecular formula is C23H28NO3S+. The Bertz CT molecular complexity index is 830. The lowest BCUT2D eigenvalue weighted by atomic mass is 9.84. The molecule has 4 nitrogen and oxygen atoms in total. The molecule has 0 amide bonds. The van der Waals surface area contributed by atoms with E-state index in [1.165, 1.54) is 37.7 Å². The predicted octanol–water partition coefficient (Wildman–Crippen LogP) is 5.10. The van der Waals surface area contributed by atoms with Crippen molar-refractivity contribution in [1.29, 1.82) is 0 Å². The van der Waals surface area contributed by atoms with Gasteiger partial charge in [0.1, 0.15) is 17.2 Å². The topological polar surface area (TPSA) is 70.2 Å². The third-order valence-corrected chi connectivity index (χ3v) is 8.94. The van der Waals surface area contributed by atoms with Gasteiger partial charge in [0, 0.05) is 28.2 Å². The summed E-state index contributed by atoms with van der Waals surface area (Å²) in [6.07, 6.45) is 10.3. The van der Waals surface area contributed by atoms with Gasteiger partial charge >= 0.3 is 5.97 Å². The van der Waals surface area contributed by atoms with Crippen LogP contribution in [0.4, 0.5) is 0 Å². The van der Waals surface area contributed by atoms with Crippen LogP contribution in [0.5, 0.6) is 0 Å². The van der Waals surface area contributed by atoms with Crippen molar-refractivity contribution in [2.45, 2.75) is 56.1 Å². The Labute approximate surface area is 169 Å². The van der Waals surface area contributed by atoms with Crippen LogP contribution in [0.25, 0.3) is 0 Å². The first-order valence-electron chi connectivity index (χ1n) is 10.4. The van der Waals surface area contributed by atoms with Crippen LogP contribution in [0.2, 0.25) is 0 Å². The minimum atomic E-state index is -0.992. The van der Waals surface area contributed by atoms with Gasteiger partial charge in [-0.1, -0.05) is 43.5 Å². The summed E-state index contributed by atoms with van der Waals surface area (Å²) in [7, 11) is -0.0944. The second-order valence-electron chi connectivity index (χ2n) is 7.97. The highest BCUT2D eigenvalue weighted by Crippen LogP contribution is 2.36. The van der Waals surface area contributed by atoms with E-state index in [0.717, 1.165) is 24.3 Å². The lowest BCUT2D eigenvalue weighted by molar-refractivity contribution is 0.0690. The number of aromatic carboxylic acids is 1. The minimum Gasteiger partial charge on any atom is -0.477 e. The molecule has 1 saturated heterocycles. The number of nitrogens with one attached hydrogen (secondary N) is 1. The zero-order valence-electron chi connectivity index (χ0n) is 16.2. The van der Waals surface area contributed by atoms with Gasteiger partial charge in [-0.15, -0.1) is 0 Å². The predicted molar refractivity (Wildman–Crippen MR) is 113 cm³/mol. The van der Waals surface area contributed by atoms with Crippen molar-refractivity contribution in [2.24, 2.45) is 0 Å². The summed E-state index contributed by atoms with van der Waals surface area (Å²) in [4.78, 5) is 28.0. The quantitative estimate of drug-likeness (QED) is 0.525. The van der Waals surface area contributed by atoms with E-state index in [1.807, 2.05) is 12.1 Å². The Balaban J connectivity index is 1.61. The van der Waals surface area contributed by atoms with Crippen LogP contribution in [-0.2, 0) is 10.9 Å². The van der Waals surface area contributed by atoms with Crippen LogP contribution in [0.1, 0.15) is 88.1 Å². The number of carboxylic acid groups (broad SMARTS) is 1. The summed E-state index contributed by atoms with van der Waals surface area (Å²) in [5, 5.41) is 9.19. The number of aromatic amines is 1. The van der Waals surface area contributed by atoms with Crippen molar-refractivity contribution < 1.29 is 14.7 Å². The molecule has 2 N–H and O–H groups in total. The van der Waals surface area contributed by atoms with E-state index in [2.05, 4.69) is 17.1 Å². The van der Waals surface area contributed by atoms with Crippen LogP contribution in [0.3, 0.4) is 0 Å². The summed E-state index contributed by atoms with van der Waals surface area (Å²) in [6.45, 7) is 0. The Morgan fingerprint density at radius 3 is 2.29 bits per heavy atom. The molecule has 1 unspecified atom stereocenters. The fourth-order valence-corrected chi connectivity index (χ4v) is 7.50. The molecule has 28 heavy (non-hydrogen) atoms. The molecule has 1 aliphatic carbocycles. The van der Waals surface area contributed by atoms with Crippen molar-refractivity contribution in [1.82, 2.24) is 4.98 Å². The third kappa shape index (κ3) is 3.90. The van der Waals surface area contributed by atoms with Gasteiger partial charge in [0.15, 0.2) is 0 Å². The number of carbonyl (C=O) groups excluding carboxylic acids is 1. The van der Waals surface area contributed by atoms with Crippen LogP contribution in [0, 0.1) is 0 Å². The molecule has 2 fully saturated rings. The largest absolute Gasteiger partial charge is 0.477 e. The van der Waals surface area contributed by atoms with Crippen molar-refractivity contribution in [3.63, 3.8) is 0 Å². The zero-order valence-corrected chi connectivity index (χ0v) is 17.0. The summed E-state index contributed by atoms with van der Waals surface area (Å²) >= 11 is 0. The second-order valence-corrected chi connectivity index (χ2v) is 10.3. The average Bonchev–Trinajstić information content (AvgIpc) is 3.42. The van der Waals surface area contributed by atoms with Crippen molar-refractivity contribution in [3.05, 3.63) is 58.9 Å². The van der Waals surface area contributed by atoms with Crippen molar-refractivity contribution >= 4 is 22.6 Å². The number of H-pyrrole nitrogens is 1. The first-order chi connectivity index (χ1) is 13.6. The smallest absolute Gasteiger partial charge is 0.352 e. The van der Waals surface area contributed by atoms with Gasteiger partial charge in [0.25, 0.3) is 0 Å². The number of carboxylic acids is 1. The lowest BCUT2D eigenvalue weighted by Gasteiger charge is -2.22. The lowest BCUT2D eigenvalue weighted by Crippen LogP contribution is -2.25. The molecule has 0 spiro atoms. The number of carbonyl (C=O) groups is 2. The number of hydrogen-bond donors (Lipinski definition) is 2. The van der Waals surface area contributed by atoms with Gasteiger partial charge in [0.05, 0.1) is 0 Å². The molecule has 2 heterocycles. The number of ketones is 1. The van der Waals surface area contributed by atoms with E-state index in [4.69, 9.17) is 0 Å². The molecule has 1 saturated carbocycles. The standard InChI is InChI=1S/C23H27NO3S/c25-21(18-10-8-17(9-11-18)16-6-2-1-3-7-16)22(28-14-4-5-15-28)19-12-13-24-20(19)23(26)27/h8-13,16,22,24H,1-7,14-15H2/p+1. The van der Waals surface area contributed by atoms with Gasteiger partial charge < -0.3 is 10.1 Å². The normalized spacial score (nSPS) is 19.6. The van der Waals surface area contributed by atoms with Gasteiger partial charge in [-0.25, -0.2) is 4.79 Å². The monoisotopic (exact) mass is 398 g/mol. The summed E-state index contributed by atoms with van der Waals surface area (Å²) in [5.41, 5.74) is 2.86. The maximum Gasteiger partial charge on any atom is 0.352 e. The fourth-order valence-electron chi connectivity index (χ4n) is 4.68. The molecule has 2 aliphatic rings. The maximum absolute atomic E-state index is 13.5. The van der Waals surface area contributed by atoms with Crippen LogP contribution < -0.4 is 0 Å². The van der Waals surface area contributed by atoms with E-state index in [0.29, 0.717) is 17.0 Å². The molecule has 0 radical (unpaired) electrons. The van der Waals surface area contributed by atoms with E-state index in [9.17, 15) is 14.7 Å². The molecule has 5 heteroatoms. The Kier molecular flexibility index (Phi) is 5.90. The first-order valence-corrected chi connectivity index (χ1v) is 12.0. The Morgan fingerprint density at radius 1 is 0.964 bits per heavy atom. The minimum absolute atomic E-state index is 0.0718. The first kappa shape index (κ1) is 19.3. The van der Waals surface area contributed by atoms with Crippen molar-refractivity contribution in [3.8, 4) is 0 Å². The van der Waals surface area contributed by atoms with Gasteiger partial charge in [-0.2, -0.15) is 0 Å². The van der Waals surface area contributed by atoms with Crippen molar-refractivity contribution in [2.75, 3.05) is 11.5 Å². The molecule has 1 atom stereocenters. The van der Waals surface area contributed by atoms with Gasteiger partial charge in [0.2, 0.25) is 11.0 Å². The number of aromatic nitrogens is 1. The average molecular weight is 399 g/mol. The molecule has 2 aromatic rings. The fraction of sp³-hybridized carbons (Fsp3) is 0.478. The Morgan fingerprint density at radius 2 is 1.64 bits per heavy atom. The highest BCUT2D eigenvalue weighted by Gasteiger charge is 2.43. The molecule has 148 valence electrons. The van der Waals surface area contributed by atoms with E-state index in [-0.39, 0.29) is 27.6 Å². The highest BCUT2D eigenvalue weighted by atomic mass is 32.2. The molecule has 1 aromatic heterocycles. The number of Topliss-reactive ketones (excluding diaryl/α,β-unsaturated/α-hetero) is 1. The summed E-state index contributed by atoms with van der Waals surface area (Å²) < 4.78 is 0. The molecule has 1 aromatic carbocycles. The molecule has 0 bridgehead atoms. The second kappa shape index (κ2) is 8.56. The number of rotatable bonds is 6. The van der Waals surface area contributed by atoms with Crippen LogP contribution >= 0.6 is 0 Å². The zero-order chi connectivity index (χ0) is 19.5. The number of hydrogen-bond acceptors (Lipinski definition) is 2.